The zero-order valence-corrected chi connectivity index (χ0v) is 19.5. The molecule has 3 aromatic carbocycles. The zero-order chi connectivity index (χ0) is 24.8. The lowest BCUT2D eigenvalue weighted by atomic mass is 10.1. The van der Waals surface area contributed by atoms with E-state index in [1.54, 1.807) is 48.5 Å². The number of carboxylic acids is 1. The van der Waals surface area contributed by atoms with Crippen LogP contribution in [0.2, 0.25) is 0 Å². The van der Waals surface area contributed by atoms with E-state index in [9.17, 15) is 14.7 Å². The van der Waals surface area contributed by atoms with Gasteiger partial charge in [0.1, 0.15) is 0 Å². The fourth-order valence-electron chi connectivity index (χ4n) is 3.69. The van der Waals surface area contributed by atoms with Crippen molar-refractivity contribution >= 4 is 46.4 Å². The molecule has 0 atom stereocenters. The van der Waals surface area contributed by atoms with Crippen molar-refractivity contribution in [2.75, 3.05) is 23.0 Å². The molecule has 4 rings (SSSR count). The Labute approximate surface area is 203 Å². The van der Waals surface area contributed by atoms with Gasteiger partial charge in [-0.15, -0.1) is 0 Å². The number of hydrogen-bond donors (Lipinski definition) is 1. The van der Waals surface area contributed by atoms with Crippen LogP contribution in [0, 0.1) is 0 Å². The van der Waals surface area contributed by atoms with E-state index in [0.29, 0.717) is 16.9 Å². The molecule has 0 fully saturated rings. The van der Waals surface area contributed by atoms with Crippen molar-refractivity contribution in [2.45, 2.75) is 13.8 Å². The highest BCUT2D eigenvalue weighted by Gasteiger charge is 2.34. The van der Waals surface area contributed by atoms with Crippen LogP contribution in [-0.2, 0) is 9.59 Å². The van der Waals surface area contributed by atoms with E-state index in [1.807, 2.05) is 30.3 Å². The number of rotatable bonds is 8. The van der Waals surface area contributed by atoms with E-state index < -0.39 is 11.9 Å². The molecule has 0 radical (unpaired) electrons. The number of benzene rings is 3. The number of hydrogen-bond acceptors (Lipinski definition) is 6. The maximum atomic E-state index is 12.9. The molecule has 1 aliphatic heterocycles. The number of para-hydroxylation sites is 1. The SMILES string of the molecule is CCN(CC)c1ccc(N=Nc2ccc(/C=C3\C(=O)N(c4ccccc4)N=C3C(=O)O)cc2)cc1. The molecule has 176 valence electrons. The van der Waals surface area contributed by atoms with Gasteiger partial charge in [-0.3, -0.25) is 4.79 Å². The highest BCUT2D eigenvalue weighted by atomic mass is 16.4. The molecule has 0 aromatic heterocycles. The minimum absolute atomic E-state index is 0.0176. The lowest BCUT2D eigenvalue weighted by Crippen LogP contribution is -2.22. The first-order valence-corrected chi connectivity index (χ1v) is 11.3. The zero-order valence-electron chi connectivity index (χ0n) is 19.5. The quantitative estimate of drug-likeness (QED) is 0.333. The van der Waals surface area contributed by atoms with Crippen molar-refractivity contribution < 1.29 is 14.7 Å². The Morgan fingerprint density at radius 3 is 2.03 bits per heavy atom. The van der Waals surface area contributed by atoms with E-state index in [4.69, 9.17) is 0 Å². The van der Waals surface area contributed by atoms with Crippen molar-refractivity contribution in [2.24, 2.45) is 15.3 Å². The number of anilines is 2. The Morgan fingerprint density at radius 1 is 0.914 bits per heavy atom. The Morgan fingerprint density at radius 2 is 1.49 bits per heavy atom. The van der Waals surface area contributed by atoms with Crippen LogP contribution in [0.3, 0.4) is 0 Å². The van der Waals surface area contributed by atoms with E-state index in [2.05, 4.69) is 34.1 Å². The topological polar surface area (TPSA) is 97.9 Å². The van der Waals surface area contributed by atoms with Gasteiger partial charge in [0.15, 0.2) is 5.71 Å². The van der Waals surface area contributed by atoms with Gasteiger partial charge in [-0.2, -0.15) is 20.3 Å². The Bertz CT molecular complexity index is 1290. The molecule has 0 unspecified atom stereocenters. The fourth-order valence-corrected chi connectivity index (χ4v) is 3.69. The molecule has 8 heteroatoms. The largest absolute Gasteiger partial charge is 0.476 e. The van der Waals surface area contributed by atoms with Crippen LogP contribution in [0.1, 0.15) is 19.4 Å². The average molecular weight is 468 g/mol. The Hall–Kier alpha value is -4.59. The Kier molecular flexibility index (Phi) is 7.11. The second-order valence-electron chi connectivity index (χ2n) is 7.74. The van der Waals surface area contributed by atoms with Crippen molar-refractivity contribution in [1.29, 1.82) is 0 Å². The summed E-state index contributed by atoms with van der Waals surface area (Å²) in [6.07, 6.45) is 1.52. The van der Waals surface area contributed by atoms with Crippen molar-refractivity contribution in [3.63, 3.8) is 0 Å². The molecular formula is C27H25N5O3. The number of nitrogens with zero attached hydrogens (tertiary/aromatic N) is 5. The number of carbonyl (C=O) groups excluding carboxylic acids is 1. The molecule has 0 saturated carbocycles. The summed E-state index contributed by atoms with van der Waals surface area (Å²) in [7, 11) is 0. The van der Waals surface area contributed by atoms with Gasteiger partial charge in [0, 0.05) is 18.8 Å². The van der Waals surface area contributed by atoms with Crippen LogP contribution in [-0.4, -0.2) is 35.8 Å². The minimum atomic E-state index is -1.26. The molecule has 1 amide bonds. The fraction of sp³-hybridized carbons (Fsp3) is 0.148. The third kappa shape index (κ3) is 5.33. The summed E-state index contributed by atoms with van der Waals surface area (Å²) in [5.41, 5.74) is 3.39. The van der Waals surface area contributed by atoms with Crippen molar-refractivity contribution in [1.82, 2.24) is 0 Å². The highest BCUT2D eigenvalue weighted by Crippen LogP contribution is 2.26. The molecule has 0 aliphatic carbocycles. The molecular weight excluding hydrogens is 442 g/mol. The summed E-state index contributed by atoms with van der Waals surface area (Å²) in [4.78, 5) is 26.9. The molecule has 1 N–H and O–H groups in total. The Balaban J connectivity index is 1.50. The lowest BCUT2D eigenvalue weighted by molar-refractivity contribution is -0.129. The minimum Gasteiger partial charge on any atom is -0.476 e. The molecule has 3 aromatic rings. The van der Waals surface area contributed by atoms with Crippen molar-refractivity contribution in [3.05, 3.63) is 90.0 Å². The molecule has 8 nitrogen and oxygen atoms in total. The standard InChI is InChI=1S/C27H25N5O3/c1-3-31(4-2)22-16-14-21(15-17-22)29-28-20-12-10-19(11-13-20)18-24-25(27(34)35)30-32(26(24)33)23-8-6-5-7-9-23/h5-18H,3-4H2,1-2H3,(H,34,35)/b24-18-,29-28?. The number of amides is 1. The summed E-state index contributed by atoms with van der Waals surface area (Å²) in [5.74, 6) is -1.76. The highest BCUT2D eigenvalue weighted by molar-refractivity contribution is 6.53. The van der Waals surface area contributed by atoms with Crippen LogP contribution >= 0.6 is 0 Å². The molecule has 0 saturated heterocycles. The third-order valence-electron chi connectivity index (χ3n) is 5.54. The molecule has 0 spiro atoms. The predicted molar refractivity (Wildman–Crippen MR) is 138 cm³/mol. The first kappa shape index (κ1) is 23.6. The van der Waals surface area contributed by atoms with E-state index >= 15 is 0 Å². The normalized spacial score (nSPS) is 14.6. The summed E-state index contributed by atoms with van der Waals surface area (Å²) in [6, 6.07) is 23.6. The summed E-state index contributed by atoms with van der Waals surface area (Å²) >= 11 is 0. The summed E-state index contributed by atoms with van der Waals surface area (Å²) < 4.78 is 0. The van der Waals surface area contributed by atoms with Crippen LogP contribution in [0.5, 0.6) is 0 Å². The number of hydrazone groups is 1. The first-order valence-electron chi connectivity index (χ1n) is 11.3. The van der Waals surface area contributed by atoms with Crippen molar-refractivity contribution in [3.8, 4) is 0 Å². The van der Waals surface area contributed by atoms with Gasteiger partial charge in [0.2, 0.25) is 0 Å². The number of aliphatic carboxylic acids is 1. The second-order valence-corrected chi connectivity index (χ2v) is 7.74. The van der Waals surface area contributed by atoms with Gasteiger partial charge in [-0.25, -0.2) is 4.79 Å². The van der Waals surface area contributed by atoms with Gasteiger partial charge in [-0.1, -0.05) is 30.3 Å². The second kappa shape index (κ2) is 10.6. The molecule has 35 heavy (non-hydrogen) atoms. The summed E-state index contributed by atoms with van der Waals surface area (Å²) in [6.45, 7) is 6.12. The smallest absolute Gasteiger partial charge is 0.357 e. The van der Waals surface area contributed by atoms with Crippen LogP contribution < -0.4 is 9.91 Å². The lowest BCUT2D eigenvalue weighted by Gasteiger charge is -2.20. The van der Waals surface area contributed by atoms with Gasteiger partial charge >= 0.3 is 5.97 Å². The molecule has 1 aliphatic rings. The first-order chi connectivity index (χ1) is 17.0. The van der Waals surface area contributed by atoms with E-state index in [1.165, 1.54) is 6.08 Å². The number of carboxylic acid groups (broad SMARTS) is 1. The van der Waals surface area contributed by atoms with Crippen LogP contribution in [0.15, 0.2) is 99.8 Å². The van der Waals surface area contributed by atoms with E-state index in [-0.39, 0.29) is 11.3 Å². The number of carbonyl (C=O) groups is 2. The molecule has 1 heterocycles. The average Bonchev–Trinajstić information content (AvgIpc) is 3.22. The van der Waals surface area contributed by atoms with Gasteiger partial charge < -0.3 is 10.0 Å². The maximum absolute atomic E-state index is 12.9. The predicted octanol–water partition coefficient (Wildman–Crippen LogP) is 5.82. The maximum Gasteiger partial charge on any atom is 0.357 e. The number of azo groups is 1. The van der Waals surface area contributed by atoms with Crippen LogP contribution in [0.25, 0.3) is 6.08 Å². The van der Waals surface area contributed by atoms with Gasteiger partial charge in [-0.05, 0) is 74.0 Å². The molecule has 0 bridgehead atoms. The van der Waals surface area contributed by atoms with E-state index in [0.717, 1.165) is 29.5 Å². The van der Waals surface area contributed by atoms with Crippen LogP contribution in [0.4, 0.5) is 22.7 Å². The van der Waals surface area contributed by atoms with Gasteiger partial charge in [0.05, 0.1) is 22.6 Å². The third-order valence-corrected chi connectivity index (χ3v) is 5.54. The monoisotopic (exact) mass is 467 g/mol. The summed E-state index contributed by atoms with van der Waals surface area (Å²) in [5, 5.41) is 23.2. The van der Waals surface area contributed by atoms with Gasteiger partial charge in [0.25, 0.3) is 5.91 Å².